The van der Waals surface area contributed by atoms with E-state index >= 15 is 0 Å². The van der Waals surface area contributed by atoms with Gasteiger partial charge in [0.2, 0.25) is 0 Å². The minimum absolute atomic E-state index is 0.165. The molecule has 1 heterocycles. The monoisotopic (exact) mass is 622 g/mol. The van der Waals surface area contributed by atoms with E-state index in [-0.39, 0.29) is 11.9 Å². The number of esters is 1. The van der Waals surface area contributed by atoms with Gasteiger partial charge in [-0.2, -0.15) is 0 Å². The van der Waals surface area contributed by atoms with E-state index < -0.39 is 0 Å². The van der Waals surface area contributed by atoms with E-state index in [0.29, 0.717) is 36.3 Å². The molecule has 0 saturated heterocycles. The number of carbonyl (C=O) groups is 1. The molecule has 3 nitrogen and oxygen atoms in total. The van der Waals surface area contributed by atoms with Crippen LogP contribution in [0.5, 0.6) is 0 Å². The van der Waals surface area contributed by atoms with Gasteiger partial charge in [0.15, 0.2) is 0 Å². The molecule has 1 N–H and O–H groups in total. The Kier molecular flexibility index (Phi) is 18.4. The van der Waals surface area contributed by atoms with Gasteiger partial charge in [0, 0.05) is 6.04 Å². The molecule has 7 unspecified atom stereocenters. The van der Waals surface area contributed by atoms with Crippen LogP contribution in [0.4, 0.5) is 0 Å². The number of hydrogen-bond acceptors (Lipinski definition) is 3. The number of nitrogens with one attached hydrogen (secondary N) is 1. The van der Waals surface area contributed by atoms with Gasteiger partial charge in [-0.1, -0.05) is 127 Å². The van der Waals surface area contributed by atoms with Crippen molar-refractivity contribution in [1.29, 1.82) is 0 Å². The van der Waals surface area contributed by atoms with Crippen molar-refractivity contribution in [2.45, 2.75) is 152 Å². The Hall–Kier alpha value is -1.87. The van der Waals surface area contributed by atoms with Crippen LogP contribution in [0.25, 0.3) is 0 Å². The van der Waals surface area contributed by atoms with Gasteiger partial charge in [-0.05, 0) is 113 Å². The van der Waals surface area contributed by atoms with Gasteiger partial charge in [0.05, 0.1) is 5.92 Å². The summed E-state index contributed by atoms with van der Waals surface area (Å²) in [6, 6.07) is 10.5. The summed E-state index contributed by atoms with van der Waals surface area (Å²) in [6.07, 6.45) is 14.9. The summed E-state index contributed by atoms with van der Waals surface area (Å²) in [7, 11) is 0. The number of allylic oxidation sites excluding steroid dienone is 2. The fourth-order valence-electron chi connectivity index (χ4n) is 7.47. The fourth-order valence-corrected chi connectivity index (χ4v) is 7.47. The van der Waals surface area contributed by atoms with Crippen LogP contribution in [0.15, 0.2) is 53.6 Å². The molecule has 3 heteroatoms. The fraction of sp³-hybridized carbons (Fsp3) is 0.738. The maximum absolute atomic E-state index is 13.0. The summed E-state index contributed by atoms with van der Waals surface area (Å²) in [5, 5.41) is 3.93. The maximum Gasteiger partial charge on any atom is 0.313 e. The van der Waals surface area contributed by atoms with E-state index in [2.05, 4.69) is 67.3 Å². The highest BCUT2D eigenvalue weighted by Gasteiger charge is 2.28. The third-order valence-corrected chi connectivity index (χ3v) is 11.3. The summed E-state index contributed by atoms with van der Waals surface area (Å²) < 4.78 is 5.70. The van der Waals surface area contributed by atoms with Crippen molar-refractivity contribution in [2.24, 2.45) is 41.4 Å². The predicted octanol–water partition coefficient (Wildman–Crippen LogP) is 11.7. The lowest BCUT2D eigenvalue weighted by atomic mass is 9.73. The van der Waals surface area contributed by atoms with Gasteiger partial charge in [0.1, 0.15) is 6.61 Å². The summed E-state index contributed by atoms with van der Waals surface area (Å²) in [5.74, 6) is 3.47. The Balaban J connectivity index is 2.31. The number of benzene rings is 1. The van der Waals surface area contributed by atoms with Crippen LogP contribution < -0.4 is 5.32 Å². The van der Waals surface area contributed by atoms with Crippen LogP contribution in [0, 0.1) is 41.4 Å². The number of hydrogen-bond donors (Lipinski definition) is 1. The Morgan fingerprint density at radius 2 is 1.73 bits per heavy atom. The molecule has 1 aliphatic heterocycles. The van der Waals surface area contributed by atoms with E-state index in [4.69, 9.17) is 4.74 Å². The van der Waals surface area contributed by atoms with Crippen LogP contribution in [0.1, 0.15) is 145 Å². The standard InChI is InChI=1S/C42H71NO2/c1-11-31(5)18-16-22-39(30(3)4)41-23-17-21-37(12-2)26-25-34(8)43-28-33(7)40(36(41)10)27-24-32(6)35(9)42(44)45-29-38-19-14-13-15-20-38/h13-15,19-20,30-31,33-35,37,39-40,43H,6,11-12,16-18,21-29H2,1-5,7-10H3/b41-36-. The first-order chi connectivity index (χ1) is 21.5. The molecule has 45 heavy (non-hydrogen) atoms. The second kappa shape index (κ2) is 21.1. The summed E-state index contributed by atoms with van der Waals surface area (Å²) in [4.78, 5) is 13.0. The molecule has 256 valence electrons. The second-order valence-electron chi connectivity index (χ2n) is 15.2. The Morgan fingerprint density at radius 1 is 1.02 bits per heavy atom. The molecule has 0 spiro atoms. The molecule has 2 rings (SSSR count). The van der Waals surface area contributed by atoms with Crippen molar-refractivity contribution in [3.63, 3.8) is 0 Å². The lowest BCUT2D eigenvalue weighted by molar-refractivity contribution is -0.148. The molecule has 1 aromatic carbocycles. The summed E-state index contributed by atoms with van der Waals surface area (Å²) in [5.41, 5.74) is 5.41. The molecule has 1 aromatic rings. The van der Waals surface area contributed by atoms with Crippen LogP contribution in [0.3, 0.4) is 0 Å². The molecule has 0 amide bonds. The molecule has 1 aliphatic rings. The maximum atomic E-state index is 13.0. The van der Waals surface area contributed by atoms with E-state index in [1.54, 1.807) is 11.1 Å². The normalized spacial score (nSPS) is 25.8. The molecule has 0 fully saturated rings. The average Bonchev–Trinajstić information content (AvgIpc) is 3.04. The van der Waals surface area contributed by atoms with Crippen LogP contribution in [-0.2, 0) is 16.1 Å². The predicted molar refractivity (Wildman–Crippen MR) is 195 cm³/mol. The first-order valence-corrected chi connectivity index (χ1v) is 18.8. The molecule has 0 aromatic heterocycles. The van der Waals surface area contributed by atoms with Gasteiger partial charge in [-0.15, -0.1) is 0 Å². The second-order valence-corrected chi connectivity index (χ2v) is 15.2. The first kappa shape index (κ1) is 39.3. The average molecular weight is 622 g/mol. The highest BCUT2D eigenvalue weighted by molar-refractivity contribution is 5.75. The number of carbonyl (C=O) groups excluding carboxylic acids is 1. The van der Waals surface area contributed by atoms with E-state index in [1.807, 2.05) is 37.3 Å². The molecule has 0 aliphatic carbocycles. The van der Waals surface area contributed by atoms with Gasteiger partial charge in [0.25, 0.3) is 0 Å². The van der Waals surface area contributed by atoms with Crippen LogP contribution >= 0.6 is 0 Å². The number of ether oxygens (including phenoxy) is 1. The van der Waals surface area contributed by atoms with Crippen molar-refractivity contribution in [2.75, 3.05) is 6.54 Å². The molecule has 7 atom stereocenters. The Labute approximate surface area is 279 Å². The third kappa shape index (κ3) is 13.8. The van der Waals surface area contributed by atoms with E-state index in [1.165, 1.54) is 64.2 Å². The molecule has 0 bridgehead atoms. The highest BCUT2D eigenvalue weighted by atomic mass is 16.5. The largest absolute Gasteiger partial charge is 0.460 e. The van der Waals surface area contributed by atoms with Gasteiger partial charge >= 0.3 is 5.97 Å². The molecule has 0 radical (unpaired) electrons. The van der Waals surface area contributed by atoms with Crippen molar-refractivity contribution in [1.82, 2.24) is 5.32 Å². The van der Waals surface area contributed by atoms with E-state index in [0.717, 1.165) is 42.4 Å². The quantitative estimate of drug-likeness (QED) is 0.156. The van der Waals surface area contributed by atoms with Crippen LogP contribution in [0.2, 0.25) is 0 Å². The Morgan fingerprint density at radius 3 is 2.38 bits per heavy atom. The van der Waals surface area contributed by atoms with Crippen molar-refractivity contribution in [3.8, 4) is 0 Å². The zero-order valence-corrected chi connectivity index (χ0v) is 30.9. The van der Waals surface area contributed by atoms with Gasteiger partial charge < -0.3 is 10.1 Å². The first-order valence-electron chi connectivity index (χ1n) is 18.8. The Bertz CT molecular complexity index is 1010. The molecule has 0 saturated carbocycles. The summed E-state index contributed by atoms with van der Waals surface area (Å²) in [6.45, 7) is 27.1. The zero-order valence-electron chi connectivity index (χ0n) is 30.9. The smallest absolute Gasteiger partial charge is 0.313 e. The SMILES string of the molecule is C=C(CCC1/C(C)=C(\C(CCCC(C)CC)C(C)C)CCCC(CC)CCC(C)NCC1C)C(C)C(=O)OCc1ccccc1. The minimum atomic E-state index is -0.296. The van der Waals surface area contributed by atoms with Gasteiger partial charge in [-0.3, -0.25) is 4.79 Å². The van der Waals surface area contributed by atoms with E-state index in [9.17, 15) is 4.79 Å². The van der Waals surface area contributed by atoms with Crippen molar-refractivity contribution in [3.05, 3.63) is 59.2 Å². The molecular formula is C42H71NO2. The number of rotatable bonds is 15. The third-order valence-electron chi connectivity index (χ3n) is 11.3. The minimum Gasteiger partial charge on any atom is -0.460 e. The zero-order chi connectivity index (χ0) is 33.4. The van der Waals surface area contributed by atoms with Crippen LogP contribution in [-0.4, -0.2) is 18.6 Å². The van der Waals surface area contributed by atoms with Crippen molar-refractivity contribution < 1.29 is 9.53 Å². The lowest BCUT2D eigenvalue weighted by Gasteiger charge is -2.33. The topological polar surface area (TPSA) is 38.3 Å². The summed E-state index contributed by atoms with van der Waals surface area (Å²) >= 11 is 0. The highest BCUT2D eigenvalue weighted by Crippen LogP contribution is 2.39. The van der Waals surface area contributed by atoms with Gasteiger partial charge in [-0.25, -0.2) is 0 Å². The van der Waals surface area contributed by atoms with Crippen molar-refractivity contribution >= 4 is 5.97 Å². The lowest BCUT2D eigenvalue weighted by Crippen LogP contribution is -2.34. The molecular weight excluding hydrogens is 550 g/mol.